The smallest absolute Gasteiger partial charge is 0.312 e. The van der Waals surface area contributed by atoms with Gasteiger partial charge in [0.05, 0.1) is 14.2 Å². The van der Waals surface area contributed by atoms with Crippen LogP contribution in [0.15, 0.2) is 29.8 Å². The number of imidazole rings is 1. The van der Waals surface area contributed by atoms with E-state index in [2.05, 4.69) is 34.9 Å². The molecule has 0 aliphatic carbocycles. The van der Waals surface area contributed by atoms with Crippen molar-refractivity contribution in [1.82, 2.24) is 19.5 Å². The van der Waals surface area contributed by atoms with E-state index in [4.69, 9.17) is 15.2 Å². The summed E-state index contributed by atoms with van der Waals surface area (Å²) in [7, 11) is 3.23. The Bertz CT molecular complexity index is 1040. The molecule has 0 aliphatic rings. The zero-order chi connectivity index (χ0) is 21.0. The quantitative estimate of drug-likeness (QED) is 0.351. The number of hydrogen-bond donors (Lipinski definition) is 1. The summed E-state index contributed by atoms with van der Waals surface area (Å²) in [5.74, 6) is 2.20. The molecular weight excluding hydrogens is 373 g/mol. The minimum Gasteiger partial charge on any atom is -0.497 e. The second-order valence-electron chi connectivity index (χ2n) is 7.01. The van der Waals surface area contributed by atoms with Crippen LogP contribution in [-0.4, -0.2) is 33.7 Å². The van der Waals surface area contributed by atoms with Gasteiger partial charge in [0, 0.05) is 18.5 Å². The van der Waals surface area contributed by atoms with Gasteiger partial charge >= 0.3 is 6.08 Å². The third-order valence-corrected chi connectivity index (χ3v) is 4.65. The number of allylic oxidation sites excluding steroid dienone is 2. The van der Waals surface area contributed by atoms with E-state index in [1.807, 2.05) is 22.8 Å². The number of aryl methyl sites for hydroxylation is 1. The van der Waals surface area contributed by atoms with E-state index in [1.165, 1.54) is 5.57 Å². The lowest BCUT2D eigenvalue weighted by atomic mass is 10.1. The Morgan fingerprint density at radius 2 is 1.97 bits per heavy atom. The molecule has 0 spiro atoms. The van der Waals surface area contributed by atoms with Crippen molar-refractivity contribution >= 4 is 17.0 Å². The number of nitrogens with zero attached hydrogens (tertiary/aromatic N) is 4. The van der Waals surface area contributed by atoms with Gasteiger partial charge < -0.3 is 19.8 Å². The first-order valence-electron chi connectivity index (χ1n) is 9.45. The van der Waals surface area contributed by atoms with Crippen molar-refractivity contribution in [2.45, 2.75) is 39.7 Å². The van der Waals surface area contributed by atoms with Gasteiger partial charge in [-0.3, -0.25) is 0 Å². The second kappa shape index (κ2) is 8.89. The van der Waals surface area contributed by atoms with Crippen LogP contribution >= 0.6 is 0 Å². The average Bonchev–Trinajstić information content (AvgIpc) is 3.02. The number of methoxy groups -OCH3 is 2. The molecule has 8 heteroatoms. The van der Waals surface area contributed by atoms with Crippen LogP contribution in [-0.2, 0) is 13.0 Å². The van der Waals surface area contributed by atoms with Gasteiger partial charge in [0.1, 0.15) is 17.3 Å². The van der Waals surface area contributed by atoms with Crippen molar-refractivity contribution in [3.8, 4) is 11.5 Å². The van der Waals surface area contributed by atoms with Gasteiger partial charge in [-0.05, 0) is 44.9 Å². The van der Waals surface area contributed by atoms with Gasteiger partial charge in [-0.1, -0.05) is 11.6 Å². The van der Waals surface area contributed by atoms with Crippen LogP contribution in [0.1, 0.15) is 38.1 Å². The summed E-state index contributed by atoms with van der Waals surface area (Å²) in [5.41, 5.74) is 8.89. The first-order valence-corrected chi connectivity index (χ1v) is 9.45. The molecular formula is C21H26FN5O2. The minimum absolute atomic E-state index is 0.0365. The number of anilines is 1. The van der Waals surface area contributed by atoms with Crippen molar-refractivity contribution < 1.29 is 13.9 Å². The van der Waals surface area contributed by atoms with Crippen molar-refractivity contribution in [1.29, 1.82) is 0 Å². The van der Waals surface area contributed by atoms with E-state index < -0.39 is 6.08 Å². The zero-order valence-electron chi connectivity index (χ0n) is 17.2. The number of rotatable bonds is 8. The largest absolute Gasteiger partial charge is 0.497 e. The average molecular weight is 399 g/mol. The Hall–Kier alpha value is -3.16. The maximum absolute atomic E-state index is 13.8. The number of unbranched alkanes of at least 4 members (excludes halogenated alkanes) is 1. The molecule has 1 aromatic carbocycles. The summed E-state index contributed by atoms with van der Waals surface area (Å²) in [4.78, 5) is 12.2. The van der Waals surface area contributed by atoms with E-state index in [1.54, 1.807) is 14.2 Å². The van der Waals surface area contributed by atoms with E-state index in [9.17, 15) is 4.39 Å². The molecule has 0 amide bonds. The SMILES string of the molecule is COc1ccc(OC)c(Cc2nc3c(N)nc(F)nc3n2CCCC=C(C)C)c1. The van der Waals surface area contributed by atoms with Crippen LogP contribution < -0.4 is 15.2 Å². The monoisotopic (exact) mass is 399 g/mol. The highest BCUT2D eigenvalue weighted by molar-refractivity contribution is 5.82. The van der Waals surface area contributed by atoms with E-state index in [0.29, 0.717) is 24.1 Å². The van der Waals surface area contributed by atoms with Crippen molar-refractivity contribution in [2.24, 2.45) is 0 Å². The summed E-state index contributed by atoms with van der Waals surface area (Å²) in [6.45, 7) is 4.77. The van der Waals surface area contributed by atoms with Crippen LogP contribution in [0.3, 0.4) is 0 Å². The minimum atomic E-state index is -0.856. The molecule has 0 bridgehead atoms. The highest BCUT2D eigenvalue weighted by Gasteiger charge is 2.18. The van der Waals surface area contributed by atoms with Crippen LogP contribution in [0, 0.1) is 6.08 Å². The van der Waals surface area contributed by atoms with Gasteiger partial charge in [-0.25, -0.2) is 4.98 Å². The number of halogens is 1. The highest BCUT2D eigenvalue weighted by Crippen LogP contribution is 2.28. The van der Waals surface area contributed by atoms with Gasteiger partial charge in [0.2, 0.25) is 0 Å². The fourth-order valence-corrected chi connectivity index (χ4v) is 3.24. The standard InChI is InChI=1S/C21H26FN5O2/c1-13(2)7-5-6-10-27-17(24-18-19(23)25-21(22)26-20(18)27)12-14-11-15(28-3)8-9-16(14)29-4/h7-9,11H,5-6,10,12H2,1-4H3,(H2,23,25,26). The van der Waals surface area contributed by atoms with Gasteiger partial charge in [0.25, 0.3) is 0 Å². The maximum atomic E-state index is 13.8. The molecule has 3 aromatic rings. The molecule has 0 aliphatic heterocycles. The molecule has 0 saturated carbocycles. The zero-order valence-corrected chi connectivity index (χ0v) is 17.2. The molecule has 7 nitrogen and oxygen atoms in total. The Morgan fingerprint density at radius 1 is 1.17 bits per heavy atom. The van der Waals surface area contributed by atoms with E-state index in [-0.39, 0.29) is 5.82 Å². The van der Waals surface area contributed by atoms with Crippen LogP contribution in [0.5, 0.6) is 11.5 Å². The first kappa shape index (κ1) is 20.6. The van der Waals surface area contributed by atoms with Gasteiger partial charge in [-0.2, -0.15) is 14.4 Å². The Kier molecular flexibility index (Phi) is 6.31. The lowest BCUT2D eigenvalue weighted by Crippen LogP contribution is -2.07. The molecule has 0 fully saturated rings. The molecule has 0 saturated heterocycles. The number of nitrogen functional groups attached to an aromatic ring is 1. The summed E-state index contributed by atoms with van der Waals surface area (Å²) >= 11 is 0. The van der Waals surface area contributed by atoms with Gasteiger partial charge in [0.15, 0.2) is 17.0 Å². The van der Waals surface area contributed by atoms with Crippen LogP contribution in [0.4, 0.5) is 10.2 Å². The Labute approximate surface area is 169 Å². The summed E-state index contributed by atoms with van der Waals surface area (Å²) < 4.78 is 26.6. The summed E-state index contributed by atoms with van der Waals surface area (Å²) in [5, 5.41) is 0. The number of hydrogen-bond acceptors (Lipinski definition) is 6. The fraction of sp³-hybridized carbons (Fsp3) is 0.381. The molecule has 2 N–H and O–H groups in total. The number of aromatic nitrogens is 4. The second-order valence-corrected chi connectivity index (χ2v) is 7.01. The fourth-order valence-electron chi connectivity index (χ4n) is 3.24. The van der Waals surface area contributed by atoms with Crippen molar-refractivity contribution in [2.75, 3.05) is 20.0 Å². The molecule has 154 valence electrons. The number of benzene rings is 1. The molecule has 0 radical (unpaired) electrons. The molecule has 2 heterocycles. The number of fused-ring (bicyclic) bond motifs is 1. The Morgan fingerprint density at radius 3 is 2.66 bits per heavy atom. The lowest BCUT2D eigenvalue weighted by molar-refractivity contribution is 0.399. The maximum Gasteiger partial charge on any atom is 0.312 e. The topological polar surface area (TPSA) is 88.1 Å². The van der Waals surface area contributed by atoms with Gasteiger partial charge in [-0.15, -0.1) is 0 Å². The summed E-state index contributed by atoms with van der Waals surface area (Å²) in [6, 6.07) is 5.59. The molecule has 0 atom stereocenters. The number of nitrogens with two attached hydrogens (primary N) is 1. The molecule has 29 heavy (non-hydrogen) atoms. The molecule has 0 unspecified atom stereocenters. The number of ether oxygens (including phenoxy) is 2. The van der Waals surface area contributed by atoms with Crippen LogP contribution in [0.25, 0.3) is 11.2 Å². The molecule has 3 rings (SSSR count). The predicted octanol–water partition coefficient (Wildman–Crippen LogP) is 3.90. The van der Waals surface area contributed by atoms with Crippen molar-refractivity contribution in [3.63, 3.8) is 0 Å². The third-order valence-electron chi connectivity index (χ3n) is 4.65. The normalized spacial score (nSPS) is 10.9. The third kappa shape index (κ3) is 4.64. The van der Waals surface area contributed by atoms with E-state index >= 15 is 0 Å². The Balaban J connectivity index is 2.03. The van der Waals surface area contributed by atoms with Crippen LogP contribution in [0.2, 0.25) is 0 Å². The van der Waals surface area contributed by atoms with E-state index in [0.717, 1.165) is 35.7 Å². The first-order chi connectivity index (χ1) is 13.9. The van der Waals surface area contributed by atoms with Crippen molar-refractivity contribution in [3.05, 3.63) is 47.3 Å². The lowest BCUT2D eigenvalue weighted by Gasteiger charge is -2.12. The predicted molar refractivity (Wildman–Crippen MR) is 111 cm³/mol. The highest BCUT2D eigenvalue weighted by atomic mass is 19.1. The summed E-state index contributed by atoms with van der Waals surface area (Å²) in [6.07, 6.45) is 3.55. The molecule has 2 aromatic heterocycles.